The first-order chi connectivity index (χ1) is 22.9. The molecule has 3 aromatic heterocycles. The van der Waals surface area contributed by atoms with Gasteiger partial charge < -0.3 is 34.3 Å². The molecule has 13 nitrogen and oxygen atoms in total. The Balaban J connectivity index is 1.15. The molecule has 0 bridgehead atoms. The van der Waals surface area contributed by atoms with Crippen LogP contribution in [-0.4, -0.2) is 95.0 Å². The lowest BCUT2D eigenvalue weighted by atomic mass is 9.95. The molecule has 0 spiro atoms. The minimum Gasteiger partial charge on any atom is -0.494 e. The van der Waals surface area contributed by atoms with Crippen LogP contribution in [-0.2, 0) is 21.7 Å². The Bertz CT molecular complexity index is 1960. The van der Waals surface area contributed by atoms with E-state index in [1.807, 2.05) is 0 Å². The number of aliphatic hydroxyl groups is 1. The maximum Gasteiger partial charge on any atom is 0.471 e. The van der Waals surface area contributed by atoms with E-state index in [0.717, 1.165) is 4.90 Å². The molecule has 0 radical (unpaired) electrons. The second-order valence-electron chi connectivity index (χ2n) is 11.6. The SMILES string of the molecule is COc1ccc2c(c1F)C(=O)N(C[C@@]1(c3cc4nc(-c5ccnc(N6CCN(C(=O)C(F)(F)F)CC6)c5)ccc4o3)NC(O)NC1=O)C2. The largest absolute Gasteiger partial charge is 0.494 e. The first-order valence-corrected chi connectivity index (χ1v) is 14.8. The fourth-order valence-corrected chi connectivity index (χ4v) is 6.29. The number of aliphatic hydroxyl groups excluding tert-OH is 1. The summed E-state index contributed by atoms with van der Waals surface area (Å²) < 4.78 is 64.6. The molecule has 4 aromatic rings. The summed E-state index contributed by atoms with van der Waals surface area (Å²) in [6, 6.07) is 11.2. The number of nitrogens with zero attached hydrogens (tertiary/aromatic N) is 5. The van der Waals surface area contributed by atoms with Crippen LogP contribution in [0.3, 0.4) is 0 Å². The summed E-state index contributed by atoms with van der Waals surface area (Å²) in [5, 5.41) is 15.5. The maximum absolute atomic E-state index is 15.0. The van der Waals surface area contributed by atoms with Crippen molar-refractivity contribution < 1.29 is 46.2 Å². The van der Waals surface area contributed by atoms with E-state index in [1.165, 1.54) is 30.3 Å². The number of carbonyl (C=O) groups is 3. The highest BCUT2D eigenvalue weighted by Crippen LogP contribution is 2.37. The number of rotatable bonds is 6. The smallest absolute Gasteiger partial charge is 0.471 e. The third kappa shape index (κ3) is 5.24. The molecule has 0 aliphatic carbocycles. The highest BCUT2D eigenvalue weighted by molar-refractivity contribution is 6.00. The van der Waals surface area contributed by atoms with Crippen LogP contribution in [0.5, 0.6) is 5.75 Å². The molecule has 2 fully saturated rings. The minimum absolute atomic E-state index is 0.00255. The summed E-state index contributed by atoms with van der Waals surface area (Å²) in [5.41, 5.74) is 0.287. The van der Waals surface area contributed by atoms with Crippen molar-refractivity contribution in [1.29, 1.82) is 0 Å². The minimum atomic E-state index is -4.93. The van der Waals surface area contributed by atoms with E-state index in [1.54, 1.807) is 35.2 Å². The predicted molar refractivity (Wildman–Crippen MR) is 159 cm³/mol. The first-order valence-electron chi connectivity index (χ1n) is 14.8. The highest BCUT2D eigenvalue weighted by Gasteiger charge is 2.53. The van der Waals surface area contributed by atoms with Gasteiger partial charge in [-0.15, -0.1) is 0 Å². The summed E-state index contributed by atoms with van der Waals surface area (Å²) >= 11 is 0. The number of benzene rings is 1. The van der Waals surface area contributed by atoms with Gasteiger partial charge in [0.1, 0.15) is 17.1 Å². The number of nitrogens with one attached hydrogen (secondary N) is 2. The molecule has 3 aliphatic heterocycles. The summed E-state index contributed by atoms with van der Waals surface area (Å²) in [4.78, 5) is 51.2. The molecule has 3 N–H and O–H groups in total. The van der Waals surface area contributed by atoms with Gasteiger partial charge in [-0.2, -0.15) is 13.2 Å². The number of hydrogen-bond acceptors (Lipinski definition) is 10. The fourth-order valence-electron chi connectivity index (χ4n) is 6.29. The van der Waals surface area contributed by atoms with Gasteiger partial charge in [-0.3, -0.25) is 19.7 Å². The van der Waals surface area contributed by atoms with Gasteiger partial charge in [-0.1, -0.05) is 6.07 Å². The lowest BCUT2D eigenvalue weighted by Crippen LogP contribution is -2.53. The monoisotopic (exact) mass is 669 g/mol. The quantitative estimate of drug-likeness (QED) is 0.260. The summed E-state index contributed by atoms with van der Waals surface area (Å²) in [5.74, 6) is -3.55. The first kappa shape index (κ1) is 31.3. The van der Waals surface area contributed by atoms with Crippen LogP contribution in [0.2, 0.25) is 0 Å². The van der Waals surface area contributed by atoms with E-state index in [2.05, 4.69) is 20.6 Å². The van der Waals surface area contributed by atoms with E-state index in [-0.39, 0.29) is 56.3 Å². The number of fused-ring (bicyclic) bond motifs is 2. The Morgan fingerprint density at radius 1 is 1.12 bits per heavy atom. The zero-order valence-corrected chi connectivity index (χ0v) is 25.2. The zero-order chi connectivity index (χ0) is 34.0. The number of pyridine rings is 2. The van der Waals surface area contributed by atoms with Crippen LogP contribution in [0.15, 0.2) is 53.1 Å². The molecule has 17 heteroatoms. The highest BCUT2D eigenvalue weighted by atomic mass is 19.4. The summed E-state index contributed by atoms with van der Waals surface area (Å²) in [6.45, 7) is -0.214. The third-order valence-corrected chi connectivity index (χ3v) is 8.71. The number of hydrogen-bond donors (Lipinski definition) is 3. The number of amides is 3. The van der Waals surface area contributed by atoms with Crippen LogP contribution < -0.4 is 20.3 Å². The van der Waals surface area contributed by atoms with E-state index >= 15 is 4.39 Å². The molecule has 3 amide bonds. The second-order valence-corrected chi connectivity index (χ2v) is 11.6. The van der Waals surface area contributed by atoms with Crippen molar-refractivity contribution in [3.63, 3.8) is 0 Å². The maximum atomic E-state index is 15.0. The average molecular weight is 670 g/mol. The van der Waals surface area contributed by atoms with Gasteiger partial charge in [0.25, 0.3) is 11.8 Å². The lowest BCUT2D eigenvalue weighted by molar-refractivity contribution is -0.185. The second kappa shape index (κ2) is 11.4. The molecule has 6 heterocycles. The number of anilines is 1. The fraction of sp³-hybridized carbons (Fsp3) is 0.323. The van der Waals surface area contributed by atoms with Crippen LogP contribution in [0.1, 0.15) is 21.7 Å². The summed E-state index contributed by atoms with van der Waals surface area (Å²) in [6.07, 6.45) is -4.85. The Morgan fingerprint density at radius 2 is 1.90 bits per heavy atom. The van der Waals surface area contributed by atoms with E-state index in [0.29, 0.717) is 33.7 Å². The standard InChI is InChI=1S/C31H27F4N7O6/c1-47-21-4-2-17-14-42(26(43)24(17)25(21)32)15-30(27(44)38-29(46)39-30)22-13-19-20(48-22)5-3-18(37-19)16-6-7-36-23(12-16)40-8-10-41(11-9-40)28(45)31(33,34)35/h2-7,12-13,29,39,46H,8-11,14-15H2,1H3,(H,38,44)/t29?,30-/m0/s1. The third-order valence-electron chi connectivity index (χ3n) is 8.71. The Hall–Kier alpha value is -5.29. The van der Waals surface area contributed by atoms with Crippen molar-refractivity contribution in [2.24, 2.45) is 0 Å². The molecule has 1 aromatic carbocycles. The molecular weight excluding hydrogens is 642 g/mol. The molecule has 2 atom stereocenters. The number of alkyl halides is 3. The molecule has 3 aliphatic rings. The summed E-state index contributed by atoms with van der Waals surface area (Å²) in [7, 11) is 1.29. The van der Waals surface area contributed by atoms with Crippen molar-refractivity contribution in [2.75, 3.05) is 44.7 Å². The van der Waals surface area contributed by atoms with Crippen LogP contribution in [0.25, 0.3) is 22.4 Å². The van der Waals surface area contributed by atoms with Crippen LogP contribution >= 0.6 is 0 Å². The van der Waals surface area contributed by atoms with Gasteiger partial charge in [-0.05, 0) is 35.9 Å². The molecule has 2 saturated heterocycles. The molecular formula is C31H27F4N7O6. The normalized spacial score (nSPS) is 21.2. The number of piperazine rings is 1. The van der Waals surface area contributed by atoms with Crippen LogP contribution in [0, 0.1) is 5.82 Å². The van der Waals surface area contributed by atoms with Crippen molar-refractivity contribution in [3.8, 4) is 17.0 Å². The van der Waals surface area contributed by atoms with Gasteiger partial charge >= 0.3 is 12.1 Å². The number of carbonyl (C=O) groups excluding carboxylic acids is 3. The molecule has 1 unspecified atom stereocenters. The van der Waals surface area contributed by atoms with Gasteiger partial charge in [0, 0.05) is 50.6 Å². The Kier molecular flexibility index (Phi) is 7.47. The van der Waals surface area contributed by atoms with Crippen molar-refractivity contribution in [2.45, 2.75) is 24.6 Å². The van der Waals surface area contributed by atoms with Crippen molar-refractivity contribution >= 4 is 34.6 Å². The van der Waals surface area contributed by atoms with Gasteiger partial charge in [-0.25, -0.2) is 14.4 Å². The molecule has 0 saturated carbocycles. The zero-order valence-electron chi connectivity index (χ0n) is 25.2. The van der Waals surface area contributed by atoms with Crippen LogP contribution in [0.4, 0.5) is 23.4 Å². The number of aromatic nitrogens is 2. The topological polar surface area (TPSA) is 153 Å². The number of furan rings is 1. The average Bonchev–Trinajstić information content (AvgIpc) is 3.73. The van der Waals surface area contributed by atoms with E-state index in [4.69, 9.17) is 9.15 Å². The van der Waals surface area contributed by atoms with Crippen molar-refractivity contribution in [3.05, 3.63) is 71.4 Å². The lowest BCUT2D eigenvalue weighted by Gasteiger charge is -2.35. The number of methoxy groups -OCH3 is 1. The molecule has 7 rings (SSSR count). The van der Waals surface area contributed by atoms with Gasteiger partial charge in [0.15, 0.2) is 29.0 Å². The molecule has 250 valence electrons. The van der Waals surface area contributed by atoms with Crippen molar-refractivity contribution in [1.82, 2.24) is 30.4 Å². The van der Waals surface area contributed by atoms with E-state index in [9.17, 15) is 32.7 Å². The molecule has 48 heavy (non-hydrogen) atoms. The predicted octanol–water partition coefficient (Wildman–Crippen LogP) is 2.09. The van der Waals surface area contributed by atoms with Gasteiger partial charge in [0.2, 0.25) is 0 Å². The Morgan fingerprint density at radius 3 is 2.58 bits per heavy atom. The van der Waals surface area contributed by atoms with Gasteiger partial charge in [0.05, 0.1) is 24.9 Å². The Labute approximate surface area is 269 Å². The number of ether oxygens (including phenoxy) is 1. The van der Waals surface area contributed by atoms with E-state index < -0.39 is 41.6 Å². The number of halogens is 4.